The molecule has 0 spiro atoms. The van der Waals surface area contributed by atoms with E-state index in [0.29, 0.717) is 11.7 Å². The minimum Gasteiger partial charge on any atom is -0.337 e. The molecule has 150 valence electrons. The summed E-state index contributed by atoms with van der Waals surface area (Å²) in [7, 11) is 0. The van der Waals surface area contributed by atoms with Crippen LogP contribution in [0.25, 0.3) is 0 Å². The predicted molar refractivity (Wildman–Crippen MR) is 109 cm³/mol. The zero-order valence-corrected chi connectivity index (χ0v) is 16.9. The first kappa shape index (κ1) is 19.1. The molecule has 6 nitrogen and oxygen atoms in total. The van der Waals surface area contributed by atoms with Crippen molar-refractivity contribution in [2.24, 2.45) is 0 Å². The van der Waals surface area contributed by atoms with Gasteiger partial charge in [0.1, 0.15) is 0 Å². The zero-order valence-electron chi connectivity index (χ0n) is 16.9. The van der Waals surface area contributed by atoms with Crippen LogP contribution in [0.4, 0.5) is 0 Å². The molecule has 1 aliphatic heterocycles. The quantitative estimate of drug-likeness (QED) is 0.836. The molecule has 2 aromatic heterocycles. The van der Waals surface area contributed by atoms with E-state index in [9.17, 15) is 4.79 Å². The summed E-state index contributed by atoms with van der Waals surface area (Å²) < 4.78 is 2.10. The maximum Gasteiger partial charge on any atom is 0.274 e. The second kappa shape index (κ2) is 8.86. The van der Waals surface area contributed by atoms with Gasteiger partial charge in [-0.1, -0.05) is 6.92 Å². The van der Waals surface area contributed by atoms with Gasteiger partial charge in [0.15, 0.2) is 5.69 Å². The van der Waals surface area contributed by atoms with Crippen molar-refractivity contribution in [2.45, 2.75) is 71.0 Å². The Morgan fingerprint density at radius 3 is 2.75 bits per heavy atom. The van der Waals surface area contributed by atoms with E-state index in [1.165, 1.54) is 23.2 Å². The van der Waals surface area contributed by atoms with Gasteiger partial charge in [-0.2, -0.15) is 5.10 Å². The van der Waals surface area contributed by atoms with Crippen LogP contribution in [-0.2, 0) is 25.9 Å². The van der Waals surface area contributed by atoms with Gasteiger partial charge in [-0.05, 0) is 62.6 Å². The Hall–Kier alpha value is -2.21. The summed E-state index contributed by atoms with van der Waals surface area (Å²) in [5.74, 6) is 0.139. The molecule has 6 heteroatoms. The number of likely N-dealkylation sites (tertiary alicyclic amines) is 1. The van der Waals surface area contributed by atoms with Gasteiger partial charge >= 0.3 is 0 Å². The summed E-state index contributed by atoms with van der Waals surface area (Å²) in [6, 6.07) is 4.48. The Bertz CT molecular complexity index is 795. The number of amides is 1. The van der Waals surface area contributed by atoms with Crippen molar-refractivity contribution in [3.05, 3.63) is 47.0 Å². The molecule has 1 amide bonds. The van der Waals surface area contributed by atoms with Crippen molar-refractivity contribution in [3.8, 4) is 0 Å². The maximum absolute atomic E-state index is 13.2. The molecule has 2 aromatic rings. The molecule has 1 atom stereocenters. The normalized spacial score (nSPS) is 19.5. The fraction of sp³-hybridized carbons (Fsp3) is 0.591. The van der Waals surface area contributed by atoms with E-state index in [2.05, 4.69) is 21.9 Å². The number of aromatic nitrogens is 3. The van der Waals surface area contributed by atoms with Crippen molar-refractivity contribution >= 4 is 5.91 Å². The molecule has 3 heterocycles. The molecule has 0 unspecified atom stereocenters. The topological polar surface area (TPSA) is 63.1 Å². The van der Waals surface area contributed by atoms with Crippen LogP contribution < -0.4 is 5.32 Å². The Kier molecular flexibility index (Phi) is 6.05. The molecule has 0 radical (unpaired) electrons. The third-order valence-corrected chi connectivity index (χ3v) is 5.97. The second-order valence-corrected chi connectivity index (χ2v) is 8.03. The number of hydrogen-bond donors (Lipinski definition) is 1. The minimum absolute atomic E-state index is 0.139. The highest BCUT2D eigenvalue weighted by Gasteiger charge is 2.31. The first-order valence-corrected chi connectivity index (χ1v) is 10.8. The van der Waals surface area contributed by atoms with E-state index in [4.69, 9.17) is 5.10 Å². The molecular formula is C22H31N5O. The van der Waals surface area contributed by atoms with Crippen LogP contribution >= 0.6 is 0 Å². The van der Waals surface area contributed by atoms with Crippen molar-refractivity contribution in [2.75, 3.05) is 13.1 Å². The minimum atomic E-state index is 0.139. The number of carbonyl (C=O) groups is 1. The lowest BCUT2D eigenvalue weighted by Gasteiger charge is -2.28. The molecule has 28 heavy (non-hydrogen) atoms. The Morgan fingerprint density at radius 2 is 2.00 bits per heavy atom. The fourth-order valence-electron chi connectivity index (χ4n) is 4.44. The molecule has 0 saturated carbocycles. The van der Waals surface area contributed by atoms with Gasteiger partial charge in [0.25, 0.3) is 5.91 Å². The third kappa shape index (κ3) is 4.12. The lowest BCUT2D eigenvalue weighted by Crippen LogP contribution is -2.38. The van der Waals surface area contributed by atoms with Crippen molar-refractivity contribution in [1.29, 1.82) is 0 Å². The Balaban J connectivity index is 1.51. The molecule has 0 aromatic carbocycles. The highest BCUT2D eigenvalue weighted by Crippen LogP contribution is 2.27. The second-order valence-electron chi connectivity index (χ2n) is 8.03. The van der Waals surface area contributed by atoms with E-state index >= 15 is 0 Å². The van der Waals surface area contributed by atoms with Gasteiger partial charge in [0, 0.05) is 55.9 Å². The number of aryl methyl sites for hydroxylation is 1. The van der Waals surface area contributed by atoms with Crippen molar-refractivity contribution in [3.63, 3.8) is 0 Å². The fourth-order valence-corrected chi connectivity index (χ4v) is 4.44. The summed E-state index contributed by atoms with van der Waals surface area (Å²) >= 11 is 0. The van der Waals surface area contributed by atoms with E-state index in [1.54, 1.807) is 0 Å². The molecule has 2 aliphatic rings. The number of nitrogens with one attached hydrogen (secondary N) is 1. The molecular weight excluding hydrogens is 350 g/mol. The van der Waals surface area contributed by atoms with Crippen LogP contribution in [0.15, 0.2) is 24.5 Å². The van der Waals surface area contributed by atoms with E-state index in [0.717, 1.165) is 64.7 Å². The monoisotopic (exact) mass is 381 g/mol. The van der Waals surface area contributed by atoms with Crippen molar-refractivity contribution < 1.29 is 4.79 Å². The molecule has 1 fully saturated rings. The van der Waals surface area contributed by atoms with Gasteiger partial charge in [-0.3, -0.25) is 14.5 Å². The number of piperidine rings is 1. The number of fused-ring (bicyclic) bond motifs is 1. The summed E-state index contributed by atoms with van der Waals surface area (Å²) in [6.45, 7) is 5.64. The number of rotatable bonds is 6. The molecule has 4 rings (SSSR count). The SMILES string of the molecule is CCCn1nc(C(=O)N2CCCCC2)c2c1CC[C@@H](NCc1ccncc1)C2. The van der Waals surface area contributed by atoms with Crippen LogP contribution in [0, 0.1) is 0 Å². The van der Waals surface area contributed by atoms with E-state index < -0.39 is 0 Å². The summed E-state index contributed by atoms with van der Waals surface area (Å²) in [5, 5.41) is 8.47. The summed E-state index contributed by atoms with van der Waals surface area (Å²) in [6.07, 6.45) is 11.1. The highest BCUT2D eigenvalue weighted by molar-refractivity contribution is 5.94. The number of nitrogens with zero attached hydrogens (tertiary/aromatic N) is 4. The van der Waals surface area contributed by atoms with Gasteiger partial charge < -0.3 is 10.2 Å². The van der Waals surface area contributed by atoms with Crippen LogP contribution in [0.2, 0.25) is 0 Å². The van der Waals surface area contributed by atoms with Crippen LogP contribution in [0.1, 0.15) is 66.3 Å². The zero-order chi connectivity index (χ0) is 19.3. The van der Waals surface area contributed by atoms with Gasteiger partial charge in [-0.25, -0.2) is 0 Å². The first-order valence-electron chi connectivity index (χ1n) is 10.8. The third-order valence-electron chi connectivity index (χ3n) is 5.97. The standard InChI is InChI=1S/C22H31N5O/c1-2-12-27-20-7-6-18(24-16-17-8-10-23-11-9-17)15-19(20)21(25-27)22(28)26-13-4-3-5-14-26/h8-11,18,24H,2-7,12-16H2,1H3/t18-/m1/s1. The largest absolute Gasteiger partial charge is 0.337 e. The molecule has 1 aliphatic carbocycles. The number of carbonyl (C=O) groups excluding carboxylic acids is 1. The molecule has 1 saturated heterocycles. The average Bonchev–Trinajstić information content (AvgIpc) is 3.11. The molecule has 0 bridgehead atoms. The van der Waals surface area contributed by atoms with E-state index in [1.807, 2.05) is 29.4 Å². The predicted octanol–water partition coefficient (Wildman–Crippen LogP) is 2.96. The Labute approximate surface area is 167 Å². The van der Waals surface area contributed by atoms with Crippen LogP contribution in [-0.4, -0.2) is 44.7 Å². The van der Waals surface area contributed by atoms with Gasteiger partial charge in [-0.15, -0.1) is 0 Å². The summed E-state index contributed by atoms with van der Waals surface area (Å²) in [4.78, 5) is 19.3. The maximum atomic E-state index is 13.2. The Morgan fingerprint density at radius 1 is 1.21 bits per heavy atom. The average molecular weight is 382 g/mol. The smallest absolute Gasteiger partial charge is 0.274 e. The number of hydrogen-bond acceptors (Lipinski definition) is 4. The first-order chi connectivity index (χ1) is 13.8. The summed E-state index contributed by atoms with van der Waals surface area (Å²) in [5.41, 5.74) is 4.42. The van der Waals surface area contributed by atoms with E-state index in [-0.39, 0.29) is 5.91 Å². The van der Waals surface area contributed by atoms with Gasteiger partial charge in [0.05, 0.1) is 0 Å². The number of pyridine rings is 1. The molecule has 1 N–H and O–H groups in total. The van der Waals surface area contributed by atoms with Crippen LogP contribution in [0.3, 0.4) is 0 Å². The highest BCUT2D eigenvalue weighted by atomic mass is 16.2. The lowest BCUT2D eigenvalue weighted by atomic mass is 9.90. The van der Waals surface area contributed by atoms with Crippen molar-refractivity contribution in [1.82, 2.24) is 25.0 Å². The lowest BCUT2D eigenvalue weighted by molar-refractivity contribution is 0.0716. The van der Waals surface area contributed by atoms with Crippen LogP contribution in [0.5, 0.6) is 0 Å². The van der Waals surface area contributed by atoms with Gasteiger partial charge in [0.2, 0.25) is 0 Å².